The topological polar surface area (TPSA) is 89.5 Å². The molecule has 26 heavy (non-hydrogen) atoms. The number of hydrogen-bond acceptors (Lipinski definition) is 5. The molecule has 0 saturated heterocycles. The van der Waals surface area contributed by atoms with Crippen molar-refractivity contribution in [3.8, 4) is 0 Å². The zero-order valence-electron chi connectivity index (χ0n) is 14.2. The number of rotatable bonds is 7. The first-order valence-corrected chi connectivity index (χ1v) is 9.71. The van der Waals surface area contributed by atoms with Crippen LogP contribution in [-0.4, -0.2) is 32.8 Å². The van der Waals surface area contributed by atoms with E-state index in [1.165, 1.54) is 31.2 Å². The molecule has 0 aliphatic carbocycles. The van der Waals surface area contributed by atoms with Crippen molar-refractivity contribution in [2.45, 2.75) is 24.8 Å². The van der Waals surface area contributed by atoms with E-state index in [-0.39, 0.29) is 22.8 Å². The summed E-state index contributed by atoms with van der Waals surface area (Å²) in [5, 5.41) is 0.499. The lowest BCUT2D eigenvalue weighted by molar-refractivity contribution is 0.0318. The van der Waals surface area contributed by atoms with Gasteiger partial charge in [0.05, 0.1) is 10.5 Å². The van der Waals surface area contributed by atoms with E-state index < -0.39 is 22.1 Å². The molecule has 0 spiro atoms. The Morgan fingerprint density at radius 2 is 1.58 bits per heavy atom. The van der Waals surface area contributed by atoms with Crippen molar-refractivity contribution < 1.29 is 22.7 Å². The van der Waals surface area contributed by atoms with Crippen molar-refractivity contribution in [1.82, 2.24) is 4.72 Å². The van der Waals surface area contributed by atoms with E-state index in [1.54, 1.807) is 31.2 Å². The van der Waals surface area contributed by atoms with Crippen LogP contribution in [-0.2, 0) is 14.8 Å². The third-order valence-electron chi connectivity index (χ3n) is 3.52. The summed E-state index contributed by atoms with van der Waals surface area (Å²) < 4.78 is 31.3. The van der Waals surface area contributed by atoms with Gasteiger partial charge < -0.3 is 4.74 Å². The number of esters is 1. The second-order valence-corrected chi connectivity index (χ2v) is 7.65. The number of ketones is 1. The molecule has 0 amide bonds. The van der Waals surface area contributed by atoms with Crippen LogP contribution in [0.3, 0.4) is 0 Å². The minimum atomic E-state index is -3.60. The van der Waals surface area contributed by atoms with Gasteiger partial charge in [0.15, 0.2) is 6.10 Å². The maximum Gasteiger partial charge on any atom is 0.338 e. The van der Waals surface area contributed by atoms with Crippen LogP contribution in [0.1, 0.15) is 34.6 Å². The van der Waals surface area contributed by atoms with Crippen molar-refractivity contribution in [2.24, 2.45) is 0 Å². The molecule has 138 valence electrons. The summed E-state index contributed by atoms with van der Waals surface area (Å²) in [6.07, 6.45) is -0.992. The number of sulfonamides is 1. The molecule has 0 bridgehead atoms. The molecule has 1 atom stereocenters. The largest absolute Gasteiger partial charge is 0.451 e. The highest BCUT2D eigenvalue weighted by Gasteiger charge is 2.21. The van der Waals surface area contributed by atoms with Crippen molar-refractivity contribution in [3.05, 3.63) is 64.7 Å². The van der Waals surface area contributed by atoms with E-state index in [4.69, 9.17) is 16.3 Å². The van der Waals surface area contributed by atoms with E-state index in [1.807, 2.05) is 0 Å². The highest BCUT2D eigenvalue weighted by Crippen LogP contribution is 2.15. The van der Waals surface area contributed by atoms with Gasteiger partial charge in [-0.05, 0) is 55.5 Å². The zero-order chi connectivity index (χ0) is 19.3. The van der Waals surface area contributed by atoms with Gasteiger partial charge in [0.25, 0.3) is 0 Å². The van der Waals surface area contributed by atoms with Gasteiger partial charge in [-0.25, -0.2) is 17.9 Å². The van der Waals surface area contributed by atoms with Gasteiger partial charge in [0.2, 0.25) is 15.8 Å². The fraction of sp³-hybridized carbons (Fsp3) is 0.222. The van der Waals surface area contributed by atoms with Crippen molar-refractivity contribution in [3.63, 3.8) is 0 Å². The molecular formula is C18H18ClNO5S. The third-order valence-corrected chi connectivity index (χ3v) is 5.33. The quantitative estimate of drug-likeness (QED) is 0.574. The number of carbonyl (C=O) groups excluding carboxylic acids is 2. The SMILES string of the molecule is CCNS(=O)(=O)c1ccc(C(=O)O[C@@H](C)C(=O)c2ccc(Cl)cc2)cc1. The molecule has 0 aromatic heterocycles. The minimum Gasteiger partial charge on any atom is -0.451 e. The van der Waals surface area contributed by atoms with Gasteiger partial charge in [0, 0.05) is 17.1 Å². The van der Waals surface area contributed by atoms with E-state index in [2.05, 4.69) is 4.72 Å². The zero-order valence-corrected chi connectivity index (χ0v) is 15.8. The van der Waals surface area contributed by atoms with E-state index in [0.29, 0.717) is 10.6 Å². The number of nitrogens with one attached hydrogen (secondary N) is 1. The summed E-state index contributed by atoms with van der Waals surface area (Å²) in [6.45, 7) is 3.40. The van der Waals surface area contributed by atoms with Gasteiger partial charge in [-0.15, -0.1) is 0 Å². The van der Waals surface area contributed by atoms with E-state index >= 15 is 0 Å². The average Bonchev–Trinajstić information content (AvgIpc) is 2.61. The van der Waals surface area contributed by atoms with Gasteiger partial charge in [-0.2, -0.15) is 0 Å². The van der Waals surface area contributed by atoms with Crippen LogP contribution in [0, 0.1) is 0 Å². The molecule has 2 rings (SSSR count). The van der Waals surface area contributed by atoms with Crippen LogP contribution in [0.2, 0.25) is 5.02 Å². The molecule has 0 unspecified atom stereocenters. The standard InChI is InChI=1S/C18H18ClNO5S/c1-3-20-26(23,24)16-10-6-14(7-11-16)18(22)25-12(2)17(21)13-4-8-15(19)9-5-13/h4-12,20H,3H2,1-2H3/t12-/m0/s1. The third kappa shape index (κ3) is 4.91. The summed E-state index contributed by atoms with van der Waals surface area (Å²) >= 11 is 5.78. The van der Waals surface area contributed by atoms with Crippen LogP contribution in [0.15, 0.2) is 53.4 Å². The first-order chi connectivity index (χ1) is 12.2. The summed E-state index contributed by atoms with van der Waals surface area (Å²) in [6, 6.07) is 11.5. The van der Waals surface area contributed by atoms with E-state index in [9.17, 15) is 18.0 Å². The lowest BCUT2D eigenvalue weighted by atomic mass is 10.1. The van der Waals surface area contributed by atoms with Gasteiger partial charge in [-0.1, -0.05) is 18.5 Å². The molecule has 1 N–H and O–H groups in total. The molecule has 2 aromatic rings. The smallest absolute Gasteiger partial charge is 0.338 e. The van der Waals surface area contributed by atoms with Crippen LogP contribution < -0.4 is 4.72 Å². The number of halogens is 1. The first-order valence-electron chi connectivity index (χ1n) is 7.85. The Labute approximate surface area is 157 Å². The fourth-order valence-electron chi connectivity index (χ4n) is 2.17. The van der Waals surface area contributed by atoms with E-state index in [0.717, 1.165) is 0 Å². The molecule has 0 fully saturated rings. The Bertz CT molecular complexity index is 892. The Balaban J connectivity index is 2.07. The Hall–Kier alpha value is -2.22. The van der Waals surface area contributed by atoms with Crippen molar-refractivity contribution in [1.29, 1.82) is 0 Å². The molecule has 0 heterocycles. The molecule has 0 aliphatic heterocycles. The highest BCUT2D eigenvalue weighted by atomic mass is 35.5. The average molecular weight is 396 g/mol. The normalized spacial score (nSPS) is 12.4. The minimum absolute atomic E-state index is 0.0428. The summed E-state index contributed by atoms with van der Waals surface area (Å²) in [4.78, 5) is 24.5. The second-order valence-electron chi connectivity index (χ2n) is 5.44. The number of ether oxygens (including phenoxy) is 1. The summed E-state index contributed by atoms with van der Waals surface area (Å²) in [5.41, 5.74) is 0.526. The molecule has 6 nitrogen and oxygen atoms in total. The van der Waals surface area contributed by atoms with Crippen molar-refractivity contribution >= 4 is 33.4 Å². The van der Waals surface area contributed by atoms with Crippen LogP contribution >= 0.6 is 11.6 Å². The Kier molecular flexibility index (Phi) is 6.52. The van der Waals surface area contributed by atoms with Crippen LogP contribution in [0.5, 0.6) is 0 Å². The number of carbonyl (C=O) groups is 2. The van der Waals surface area contributed by atoms with Crippen LogP contribution in [0.25, 0.3) is 0 Å². The van der Waals surface area contributed by atoms with Gasteiger partial charge in [-0.3, -0.25) is 4.79 Å². The number of Topliss-reactive ketones (excluding diaryl/α,β-unsaturated/α-hetero) is 1. The number of benzene rings is 2. The lowest BCUT2D eigenvalue weighted by Crippen LogP contribution is -2.25. The molecule has 2 aromatic carbocycles. The predicted molar refractivity (Wildman–Crippen MR) is 98.0 cm³/mol. The first kappa shape index (κ1) is 20.1. The molecular weight excluding hydrogens is 378 g/mol. The fourth-order valence-corrected chi connectivity index (χ4v) is 3.34. The van der Waals surface area contributed by atoms with Crippen LogP contribution in [0.4, 0.5) is 0 Å². The maximum absolute atomic E-state index is 12.3. The molecule has 0 saturated carbocycles. The predicted octanol–water partition coefficient (Wildman–Crippen LogP) is 3.07. The monoisotopic (exact) mass is 395 g/mol. The highest BCUT2D eigenvalue weighted by molar-refractivity contribution is 7.89. The summed E-state index contributed by atoms with van der Waals surface area (Å²) in [7, 11) is -3.60. The second kappa shape index (κ2) is 8.44. The maximum atomic E-state index is 12.3. The van der Waals surface area contributed by atoms with Gasteiger partial charge >= 0.3 is 5.97 Å². The summed E-state index contributed by atoms with van der Waals surface area (Å²) in [5.74, 6) is -1.08. The van der Waals surface area contributed by atoms with Gasteiger partial charge in [0.1, 0.15) is 0 Å². The molecule has 0 aliphatic rings. The lowest BCUT2D eigenvalue weighted by Gasteiger charge is -2.13. The Morgan fingerprint density at radius 3 is 2.12 bits per heavy atom. The molecule has 0 radical (unpaired) electrons. The van der Waals surface area contributed by atoms with Crippen molar-refractivity contribution in [2.75, 3.05) is 6.54 Å². The Morgan fingerprint density at radius 1 is 1.04 bits per heavy atom. The molecule has 8 heteroatoms. The number of hydrogen-bond donors (Lipinski definition) is 1.